The molecule has 0 unspecified atom stereocenters. The molecule has 5 heteroatoms. The number of fused-ring (bicyclic) bond motifs is 3. The summed E-state index contributed by atoms with van der Waals surface area (Å²) in [5.74, 6) is 0.532. The summed E-state index contributed by atoms with van der Waals surface area (Å²) in [6.07, 6.45) is 10.5. The van der Waals surface area contributed by atoms with Crippen LogP contribution in [0, 0.1) is 5.92 Å². The van der Waals surface area contributed by atoms with Crippen LogP contribution in [0.15, 0.2) is 54.9 Å². The van der Waals surface area contributed by atoms with Crippen molar-refractivity contribution in [2.75, 3.05) is 13.1 Å². The van der Waals surface area contributed by atoms with Crippen LogP contribution in [-0.4, -0.2) is 41.0 Å². The van der Waals surface area contributed by atoms with Crippen molar-refractivity contribution >= 4 is 23.6 Å². The zero-order chi connectivity index (χ0) is 18.6. The zero-order valence-corrected chi connectivity index (χ0v) is 16.0. The quantitative estimate of drug-likeness (QED) is 0.805. The van der Waals surface area contributed by atoms with Gasteiger partial charge in [0.15, 0.2) is 0 Å². The molecule has 1 amide bonds. The highest BCUT2D eigenvalue weighted by Gasteiger charge is 2.42. The maximum Gasteiger partial charge on any atom is 0.244 e. The lowest BCUT2D eigenvalue weighted by molar-refractivity contribution is -0.119. The van der Waals surface area contributed by atoms with Crippen LogP contribution in [0.5, 0.6) is 0 Å². The Morgan fingerprint density at radius 2 is 2.00 bits per heavy atom. The van der Waals surface area contributed by atoms with Crippen molar-refractivity contribution in [2.45, 2.75) is 31.3 Å². The highest BCUT2D eigenvalue weighted by atomic mass is 35.5. The lowest BCUT2D eigenvalue weighted by atomic mass is 9.77. The number of benzene rings is 1. The number of pyridine rings is 1. The molecule has 0 spiro atoms. The van der Waals surface area contributed by atoms with Gasteiger partial charge in [-0.25, -0.2) is 0 Å². The van der Waals surface area contributed by atoms with Gasteiger partial charge < -0.3 is 5.32 Å². The second-order valence-electron chi connectivity index (χ2n) is 7.43. The molecule has 0 saturated carbocycles. The molecule has 2 bridgehead atoms. The molecular formula is C22H24ClN3O. The predicted molar refractivity (Wildman–Crippen MR) is 108 cm³/mol. The highest BCUT2D eigenvalue weighted by molar-refractivity contribution is 6.30. The van der Waals surface area contributed by atoms with E-state index in [1.165, 1.54) is 5.56 Å². The fraction of sp³-hybridized carbons (Fsp3) is 0.364. The number of halogens is 1. The molecule has 3 saturated heterocycles. The number of carbonyl (C=O) groups excluding carboxylic acids is 1. The minimum absolute atomic E-state index is 0.0279. The maximum absolute atomic E-state index is 12.6. The molecular weight excluding hydrogens is 358 g/mol. The molecule has 4 nitrogen and oxygen atoms in total. The number of amides is 1. The molecule has 4 heterocycles. The molecule has 140 valence electrons. The van der Waals surface area contributed by atoms with Crippen LogP contribution in [-0.2, 0) is 11.2 Å². The minimum atomic E-state index is -0.0279. The van der Waals surface area contributed by atoms with Crippen molar-refractivity contribution in [3.63, 3.8) is 0 Å². The second kappa shape index (κ2) is 8.24. The molecule has 3 aliphatic rings. The number of hydrogen-bond donors (Lipinski definition) is 1. The van der Waals surface area contributed by atoms with Gasteiger partial charge in [-0.3, -0.25) is 14.7 Å². The average Bonchev–Trinajstić information content (AvgIpc) is 2.71. The number of carbonyl (C=O) groups is 1. The van der Waals surface area contributed by atoms with E-state index in [9.17, 15) is 4.79 Å². The Kier molecular flexibility index (Phi) is 5.55. The first-order valence-electron chi connectivity index (χ1n) is 9.56. The summed E-state index contributed by atoms with van der Waals surface area (Å²) in [7, 11) is 0. The van der Waals surface area contributed by atoms with Crippen molar-refractivity contribution in [2.24, 2.45) is 5.92 Å². The SMILES string of the molecule is O=C(/C=C/c1ccc(Cl)cc1)N[C@@H]1C2CCN(CC2)[C@H]1Cc1cccnc1. The van der Waals surface area contributed by atoms with Gasteiger partial charge in [0.2, 0.25) is 5.91 Å². The molecule has 3 aliphatic heterocycles. The van der Waals surface area contributed by atoms with Crippen molar-refractivity contribution < 1.29 is 4.79 Å². The third kappa shape index (κ3) is 4.40. The predicted octanol–water partition coefficient (Wildman–Crippen LogP) is 3.57. The van der Waals surface area contributed by atoms with Gasteiger partial charge in [-0.1, -0.05) is 29.8 Å². The summed E-state index contributed by atoms with van der Waals surface area (Å²) >= 11 is 5.91. The van der Waals surface area contributed by atoms with E-state index in [2.05, 4.69) is 21.3 Å². The first kappa shape index (κ1) is 18.2. The van der Waals surface area contributed by atoms with Gasteiger partial charge in [0.25, 0.3) is 0 Å². The molecule has 3 fully saturated rings. The Bertz CT molecular complexity index is 798. The van der Waals surface area contributed by atoms with Crippen molar-refractivity contribution in [1.29, 1.82) is 0 Å². The van der Waals surface area contributed by atoms with Crippen molar-refractivity contribution in [3.05, 3.63) is 71.0 Å². The van der Waals surface area contributed by atoms with Crippen molar-refractivity contribution in [3.8, 4) is 0 Å². The summed E-state index contributed by atoms with van der Waals surface area (Å²) in [5.41, 5.74) is 2.20. The molecule has 0 radical (unpaired) electrons. The van der Waals surface area contributed by atoms with Gasteiger partial charge in [0, 0.05) is 35.6 Å². The molecule has 0 aliphatic carbocycles. The maximum atomic E-state index is 12.6. The van der Waals surface area contributed by atoms with E-state index in [0.29, 0.717) is 17.0 Å². The Morgan fingerprint density at radius 1 is 1.22 bits per heavy atom. The van der Waals surface area contributed by atoms with E-state index in [1.54, 1.807) is 12.3 Å². The van der Waals surface area contributed by atoms with Crippen LogP contribution in [0.25, 0.3) is 6.08 Å². The minimum Gasteiger partial charge on any atom is -0.348 e. The third-order valence-electron chi connectivity index (χ3n) is 5.74. The standard InChI is InChI=1S/C22H24ClN3O/c23-19-6-3-16(4-7-19)5-8-21(27)25-22-18-9-12-26(13-10-18)20(22)14-17-2-1-11-24-15-17/h1-8,11,15,18,20,22H,9-10,12-14H2,(H,25,27)/b8-5+/t20-,22+/m0/s1. The van der Waals surface area contributed by atoms with Crippen LogP contribution in [0.2, 0.25) is 5.02 Å². The van der Waals surface area contributed by atoms with Crippen LogP contribution >= 0.6 is 11.6 Å². The summed E-state index contributed by atoms with van der Waals surface area (Å²) in [6.45, 7) is 2.26. The fourth-order valence-corrected chi connectivity index (χ4v) is 4.47. The van der Waals surface area contributed by atoms with E-state index in [-0.39, 0.29) is 11.9 Å². The van der Waals surface area contributed by atoms with E-state index in [4.69, 9.17) is 11.6 Å². The smallest absolute Gasteiger partial charge is 0.244 e. The Hall–Kier alpha value is -2.17. The van der Waals surface area contributed by atoms with Gasteiger partial charge in [0.05, 0.1) is 0 Å². The monoisotopic (exact) mass is 381 g/mol. The Balaban J connectivity index is 1.44. The number of piperidine rings is 3. The van der Waals surface area contributed by atoms with Crippen LogP contribution in [0.4, 0.5) is 0 Å². The summed E-state index contributed by atoms with van der Waals surface area (Å²) in [5, 5.41) is 3.98. The highest BCUT2D eigenvalue weighted by Crippen LogP contribution is 2.34. The average molecular weight is 382 g/mol. The van der Waals surface area contributed by atoms with E-state index in [1.807, 2.05) is 42.6 Å². The number of rotatable bonds is 5. The molecule has 1 aromatic carbocycles. The first-order valence-corrected chi connectivity index (χ1v) is 9.94. The molecule has 1 aromatic heterocycles. The van der Waals surface area contributed by atoms with Crippen molar-refractivity contribution in [1.82, 2.24) is 15.2 Å². The van der Waals surface area contributed by atoms with Gasteiger partial charge >= 0.3 is 0 Å². The van der Waals surface area contributed by atoms with Gasteiger partial charge in [-0.05, 0) is 73.7 Å². The Labute approximate surface area is 165 Å². The zero-order valence-electron chi connectivity index (χ0n) is 15.2. The summed E-state index contributed by atoms with van der Waals surface area (Å²) in [6, 6.07) is 12.1. The van der Waals surface area contributed by atoms with E-state index >= 15 is 0 Å². The molecule has 2 aromatic rings. The number of nitrogens with one attached hydrogen (secondary N) is 1. The van der Waals surface area contributed by atoms with Gasteiger partial charge in [-0.2, -0.15) is 0 Å². The van der Waals surface area contributed by atoms with Gasteiger partial charge in [0.1, 0.15) is 0 Å². The number of nitrogens with zero attached hydrogens (tertiary/aromatic N) is 2. The lowest BCUT2D eigenvalue weighted by Crippen LogP contribution is -2.64. The van der Waals surface area contributed by atoms with E-state index in [0.717, 1.165) is 37.9 Å². The van der Waals surface area contributed by atoms with Crippen LogP contribution in [0.1, 0.15) is 24.0 Å². The molecule has 2 atom stereocenters. The largest absolute Gasteiger partial charge is 0.348 e. The number of hydrogen-bond acceptors (Lipinski definition) is 3. The van der Waals surface area contributed by atoms with Gasteiger partial charge in [-0.15, -0.1) is 0 Å². The van der Waals surface area contributed by atoms with E-state index < -0.39 is 0 Å². The molecule has 27 heavy (non-hydrogen) atoms. The first-order chi connectivity index (χ1) is 13.2. The number of aromatic nitrogens is 1. The normalized spacial score (nSPS) is 27.0. The third-order valence-corrected chi connectivity index (χ3v) is 5.99. The fourth-order valence-electron chi connectivity index (χ4n) is 4.34. The van der Waals surface area contributed by atoms with Crippen LogP contribution in [0.3, 0.4) is 0 Å². The molecule has 1 N–H and O–H groups in total. The lowest BCUT2D eigenvalue weighted by Gasteiger charge is -2.51. The van der Waals surface area contributed by atoms with Crippen LogP contribution < -0.4 is 5.32 Å². The second-order valence-corrected chi connectivity index (χ2v) is 7.86. The topological polar surface area (TPSA) is 45.2 Å². The molecule has 5 rings (SSSR count). The summed E-state index contributed by atoms with van der Waals surface area (Å²) < 4.78 is 0. The Morgan fingerprint density at radius 3 is 2.70 bits per heavy atom. The summed E-state index contributed by atoms with van der Waals surface area (Å²) in [4.78, 5) is 19.3.